The van der Waals surface area contributed by atoms with Gasteiger partial charge in [-0.3, -0.25) is 14.7 Å². The third kappa shape index (κ3) is 6.11. The van der Waals surface area contributed by atoms with Crippen molar-refractivity contribution in [3.63, 3.8) is 0 Å². The second kappa shape index (κ2) is 10.6. The van der Waals surface area contributed by atoms with Crippen LogP contribution in [0.25, 0.3) is 11.4 Å². The van der Waals surface area contributed by atoms with E-state index in [2.05, 4.69) is 41.1 Å². The topological polar surface area (TPSA) is 90.4 Å². The highest BCUT2D eigenvalue weighted by molar-refractivity contribution is 6.30. The average molecular weight is 493 g/mol. The van der Waals surface area contributed by atoms with Crippen LogP contribution in [0.3, 0.4) is 0 Å². The third-order valence-electron chi connectivity index (χ3n) is 6.51. The molecule has 6 rings (SSSR count). The van der Waals surface area contributed by atoms with Gasteiger partial charge in [-0.25, -0.2) is 9.97 Å². The summed E-state index contributed by atoms with van der Waals surface area (Å²) in [5.41, 5.74) is 3.79. The molecule has 35 heavy (non-hydrogen) atoms. The lowest BCUT2D eigenvalue weighted by atomic mass is 10.1. The van der Waals surface area contributed by atoms with Gasteiger partial charge in [-0.05, 0) is 41.8 Å². The lowest BCUT2D eigenvalue weighted by molar-refractivity contribution is -0.130. The molecule has 3 aromatic rings. The molecule has 0 saturated carbocycles. The molecule has 1 fully saturated rings. The molecule has 1 aromatic carbocycles. The average Bonchev–Trinajstić information content (AvgIpc) is 2.86. The summed E-state index contributed by atoms with van der Waals surface area (Å²) >= 11 is 6.44. The Hall–Kier alpha value is -3.14. The van der Waals surface area contributed by atoms with Crippen molar-refractivity contribution in [2.75, 3.05) is 51.6 Å². The number of pyridine rings is 1. The number of carbonyl (C=O) groups is 1. The Balaban J connectivity index is 1.44. The molecular weight excluding hydrogens is 464 g/mol. The first-order valence-corrected chi connectivity index (χ1v) is 12.3. The fourth-order valence-electron chi connectivity index (χ4n) is 4.48. The fraction of sp³-hybridized carbons (Fsp3) is 0.400. The molecule has 3 aliphatic heterocycles. The Bertz CT molecular complexity index is 1200. The van der Waals surface area contributed by atoms with Crippen molar-refractivity contribution < 1.29 is 4.79 Å². The number of fused-ring (bicyclic) bond motifs is 7. The van der Waals surface area contributed by atoms with Crippen LogP contribution in [-0.4, -0.2) is 86.9 Å². The van der Waals surface area contributed by atoms with Crippen LogP contribution in [0.5, 0.6) is 0 Å². The molecule has 5 heterocycles. The summed E-state index contributed by atoms with van der Waals surface area (Å²) in [5, 5.41) is 3.94. The summed E-state index contributed by atoms with van der Waals surface area (Å²) in [6.07, 6.45) is 6.30. The van der Waals surface area contributed by atoms with Crippen LogP contribution in [-0.2, 0) is 17.8 Å². The summed E-state index contributed by atoms with van der Waals surface area (Å²) in [6.45, 7) is 6.06. The standard InChI is InChI=1S/C25H29ClN8O/c1-32-4-2-18-10-20(15-27-14-18)24-28-17-29-25(31-24)30-22-12-19(11-21(26)13-22)16-34-8-6-33(7-9-34)5-3-23(32)35/h10-15,17H,2-9,16H2,1H3,(H,28,29,30,31). The van der Waals surface area contributed by atoms with Gasteiger partial charge in [0.1, 0.15) is 6.33 Å². The maximum atomic E-state index is 12.7. The first-order chi connectivity index (χ1) is 17.0. The molecule has 0 unspecified atom stereocenters. The number of nitrogens with one attached hydrogen (secondary N) is 1. The van der Waals surface area contributed by atoms with Crippen LogP contribution in [0.2, 0.25) is 5.02 Å². The van der Waals surface area contributed by atoms with Gasteiger partial charge in [0, 0.05) is 87.9 Å². The van der Waals surface area contributed by atoms with E-state index in [9.17, 15) is 4.79 Å². The predicted octanol–water partition coefficient (Wildman–Crippen LogP) is 2.85. The van der Waals surface area contributed by atoms with Crippen molar-refractivity contribution in [3.8, 4) is 11.4 Å². The number of piperazine rings is 1. The highest BCUT2D eigenvalue weighted by atomic mass is 35.5. The summed E-state index contributed by atoms with van der Waals surface area (Å²) in [7, 11) is 1.87. The molecule has 9 nitrogen and oxygen atoms in total. The van der Waals surface area contributed by atoms with Gasteiger partial charge >= 0.3 is 0 Å². The number of likely N-dealkylation sites (N-methyl/N-ethyl adjacent to an activating group) is 1. The minimum Gasteiger partial charge on any atom is -0.345 e. The Morgan fingerprint density at radius 1 is 0.886 bits per heavy atom. The lowest BCUT2D eigenvalue weighted by Gasteiger charge is -2.35. The van der Waals surface area contributed by atoms with Gasteiger partial charge in [0.2, 0.25) is 11.9 Å². The van der Waals surface area contributed by atoms with Crippen LogP contribution in [0.1, 0.15) is 17.5 Å². The lowest BCUT2D eigenvalue weighted by Crippen LogP contribution is -2.46. The van der Waals surface area contributed by atoms with E-state index in [0.29, 0.717) is 36.2 Å². The van der Waals surface area contributed by atoms with Gasteiger partial charge in [0.25, 0.3) is 0 Å². The number of aromatic nitrogens is 4. The quantitative estimate of drug-likeness (QED) is 0.512. The van der Waals surface area contributed by atoms with E-state index in [0.717, 1.165) is 61.6 Å². The van der Waals surface area contributed by atoms with Gasteiger partial charge < -0.3 is 15.1 Å². The van der Waals surface area contributed by atoms with E-state index in [1.54, 1.807) is 6.20 Å². The number of nitrogens with zero attached hydrogens (tertiary/aromatic N) is 7. The van der Waals surface area contributed by atoms with Gasteiger partial charge in [0.15, 0.2) is 5.82 Å². The maximum absolute atomic E-state index is 12.7. The number of benzene rings is 1. The van der Waals surface area contributed by atoms with Crippen molar-refractivity contribution in [1.82, 2.24) is 34.6 Å². The van der Waals surface area contributed by atoms with E-state index in [1.807, 2.05) is 36.3 Å². The molecule has 0 atom stereocenters. The Labute approximate surface area is 210 Å². The zero-order chi connectivity index (χ0) is 24.2. The second-order valence-corrected chi connectivity index (χ2v) is 9.56. The molecule has 2 aromatic heterocycles. The summed E-state index contributed by atoms with van der Waals surface area (Å²) in [6, 6.07) is 7.97. The minimum atomic E-state index is 0.169. The largest absolute Gasteiger partial charge is 0.345 e. The van der Waals surface area contributed by atoms with Crippen LogP contribution in [0, 0.1) is 0 Å². The number of hydrogen-bond acceptors (Lipinski definition) is 8. The van der Waals surface area contributed by atoms with E-state index in [4.69, 9.17) is 11.6 Å². The molecule has 1 amide bonds. The molecular formula is C25H29ClN8O. The molecule has 1 saturated heterocycles. The molecule has 10 heteroatoms. The van der Waals surface area contributed by atoms with E-state index >= 15 is 0 Å². The summed E-state index contributed by atoms with van der Waals surface area (Å²) in [4.78, 5) is 36.9. The SMILES string of the molecule is CN1CCc2cncc(c2)-c2ncnc(n2)Nc2cc(Cl)cc(c2)CN2CCN(CCC1=O)CC2. The number of halogens is 1. The third-order valence-corrected chi connectivity index (χ3v) is 6.73. The maximum Gasteiger partial charge on any atom is 0.230 e. The van der Waals surface area contributed by atoms with E-state index < -0.39 is 0 Å². The number of amides is 1. The van der Waals surface area contributed by atoms with Gasteiger partial charge in [-0.15, -0.1) is 0 Å². The second-order valence-electron chi connectivity index (χ2n) is 9.12. The monoisotopic (exact) mass is 492 g/mol. The molecule has 0 aliphatic carbocycles. The summed E-state index contributed by atoms with van der Waals surface area (Å²) in [5.74, 6) is 1.15. The van der Waals surface area contributed by atoms with E-state index in [-0.39, 0.29) is 5.91 Å². The highest BCUT2D eigenvalue weighted by Crippen LogP contribution is 2.24. The van der Waals surface area contributed by atoms with Crippen molar-refractivity contribution in [1.29, 1.82) is 0 Å². The number of rotatable bonds is 0. The molecule has 0 radical (unpaired) electrons. The summed E-state index contributed by atoms with van der Waals surface area (Å²) < 4.78 is 0. The van der Waals surface area contributed by atoms with Crippen LogP contribution < -0.4 is 5.32 Å². The normalized spacial score (nSPS) is 21.2. The van der Waals surface area contributed by atoms with Gasteiger partial charge in [0.05, 0.1) is 0 Å². The zero-order valence-electron chi connectivity index (χ0n) is 19.8. The van der Waals surface area contributed by atoms with Gasteiger partial charge in [-0.2, -0.15) is 4.98 Å². The number of hydrogen-bond donors (Lipinski definition) is 1. The Morgan fingerprint density at radius 2 is 1.71 bits per heavy atom. The predicted molar refractivity (Wildman–Crippen MR) is 135 cm³/mol. The first-order valence-electron chi connectivity index (χ1n) is 11.9. The number of anilines is 2. The van der Waals surface area contributed by atoms with E-state index in [1.165, 1.54) is 6.33 Å². The Kier molecular flexibility index (Phi) is 7.17. The molecule has 1 N–H and O–H groups in total. The molecule has 0 spiro atoms. The smallest absolute Gasteiger partial charge is 0.230 e. The van der Waals surface area contributed by atoms with Crippen LogP contribution in [0.15, 0.2) is 43.0 Å². The van der Waals surface area contributed by atoms with Crippen molar-refractivity contribution in [3.05, 3.63) is 59.1 Å². The van der Waals surface area contributed by atoms with Crippen molar-refractivity contribution in [2.45, 2.75) is 19.4 Å². The molecule has 8 bridgehead atoms. The van der Waals surface area contributed by atoms with Crippen molar-refractivity contribution in [2.24, 2.45) is 0 Å². The number of carbonyl (C=O) groups excluding carboxylic acids is 1. The minimum absolute atomic E-state index is 0.169. The zero-order valence-corrected chi connectivity index (χ0v) is 20.6. The van der Waals surface area contributed by atoms with Crippen LogP contribution in [0.4, 0.5) is 11.6 Å². The highest BCUT2D eigenvalue weighted by Gasteiger charge is 2.19. The van der Waals surface area contributed by atoms with Gasteiger partial charge in [-0.1, -0.05) is 11.6 Å². The molecule has 182 valence electrons. The molecule has 3 aliphatic rings. The first kappa shape index (κ1) is 23.6. The fourth-order valence-corrected chi connectivity index (χ4v) is 4.74. The Morgan fingerprint density at radius 3 is 2.57 bits per heavy atom. The van der Waals surface area contributed by atoms with Crippen LogP contribution >= 0.6 is 11.6 Å². The van der Waals surface area contributed by atoms with Crippen molar-refractivity contribution >= 4 is 29.1 Å².